The Bertz CT molecular complexity index is 1270. The first-order valence-corrected chi connectivity index (χ1v) is 10.9. The molecule has 0 saturated carbocycles. The SMILES string of the molecule is Cc1cc2nnc(SCC(=O)N(C)c3ccccc3C(=O)NCc3ccco3)n2c(C)n1. The molecular formula is C22H22N6O3S. The fraction of sp³-hybridized carbons (Fsp3) is 0.227. The number of anilines is 1. The molecule has 0 radical (unpaired) electrons. The summed E-state index contributed by atoms with van der Waals surface area (Å²) in [6.45, 7) is 4.04. The van der Waals surface area contributed by atoms with Crippen molar-refractivity contribution in [3.8, 4) is 0 Å². The number of nitrogens with zero attached hydrogens (tertiary/aromatic N) is 5. The van der Waals surface area contributed by atoms with Gasteiger partial charge in [0.15, 0.2) is 10.8 Å². The molecular weight excluding hydrogens is 428 g/mol. The average Bonchev–Trinajstić information content (AvgIpc) is 3.45. The molecule has 32 heavy (non-hydrogen) atoms. The van der Waals surface area contributed by atoms with Gasteiger partial charge in [0.05, 0.1) is 29.8 Å². The first-order chi connectivity index (χ1) is 15.4. The van der Waals surface area contributed by atoms with Gasteiger partial charge in [-0.3, -0.25) is 14.0 Å². The lowest BCUT2D eigenvalue weighted by molar-refractivity contribution is -0.115. The highest BCUT2D eigenvalue weighted by atomic mass is 32.2. The van der Waals surface area contributed by atoms with Gasteiger partial charge in [0.1, 0.15) is 11.6 Å². The number of amides is 2. The summed E-state index contributed by atoms with van der Waals surface area (Å²) in [5, 5.41) is 11.8. The minimum absolute atomic E-state index is 0.132. The van der Waals surface area contributed by atoms with Gasteiger partial charge < -0.3 is 14.6 Å². The van der Waals surface area contributed by atoms with Crippen LogP contribution in [-0.4, -0.2) is 44.2 Å². The third-order valence-electron chi connectivity index (χ3n) is 4.87. The largest absolute Gasteiger partial charge is 0.467 e. The zero-order chi connectivity index (χ0) is 22.7. The Hall–Kier alpha value is -3.66. The number of benzene rings is 1. The maximum absolute atomic E-state index is 12.9. The van der Waals surface area contributed by atoms with Gasteiger partial charge in [-0.1, -0.05) is 23.9 Å². The number of aromatic nitrogens is 4. The van der Waals surface area contributed by atoms with Gasteiger partial charge in [-0.15, -0.1) is 10.2 Å². The van der Waals surface area contributed by atoms with Crippen molar-refractivity contribution in [2.75, 3.05) is 17.7 Å². The monoisotopic (exact) mass is 450 g/mol. The summed E-state index contributed by atoms with van der Waals surface area (Å²) in [4.78, 5) is 31.6. The van der Waals surface area contributed by atoms with Crippen molar-refractivity contribution in [1.82, 2.24) is 24.9 Å². The lowest BCUT2D eigenvalue weighted by Crippen LogP contribution is -2.31. The van der Waals surface area contributed by atoms with Crippen LogP contribution in [0.2, 0.25) is 0 Å². The van der Waals surface area contributed by atoms with E-state index in [-0.39, 0.29) is 24.1 Å². The molecule has 0 aliphatic rings. The highest BCUT2D eigenvalue weighted by molar-refractivity contribution is 7.99. The number of carbonyl (C=O) groups is 2. The number of nitrogens with one attached hydrogen (secondary N) is 1. The van der Waals surface area contributed by atoms with Crippen LogP contribution in [0.5, 0.6) is 0 Å². The van der Waals surface area contributed by atoms with E-state index in [2.05, 4.69) is 20.5 Å². The Labute approximate surface area is 188 Å². The average molecular weight is 451 g/mol. The van der Waals surface area contributed by atoms with Gasteiger partial charge in [-0.05, 0) is 38.1 Å². The number of hydrogen-bond acceptors (Lipinski definition) is 7. The van der Waals surface area contributed by atoms with Crippen LogP contribution in [0, 0.1) is 13.8 Å². The molecule has 0 aliphatic carbocycles. The van der Waals surface area contributed by atoms with Crippen LogP contribution in [0.1, 0.15) is 27.6 Å². The van der Waals surface area contributed by atoms with Crippen molar-refractivity contribution < 1.29 is 14.0 Å². The number of thioether (sulfide) groups is 1. The third-order valence-corrected chi connectivity index (χ3v) is 5.78. The van der Waals surface area contributed by atoms with Gasteiger partial charge in [0.25, 0.3) is 5.91 Å². The van der Waals surface area contributed by atoms with Crippen LogP contribution >= 0.6 is 11.8 Å². The second-order valence-corrected chi connectivity index (χ2v) is 8.08. The number of hydrogen-bond donors (Lipinski definition) is 1. The van der Waals surface area contributed by atoms with Crippen LogP contribution in [-0.2, 0) is 11.3 Å². The minimum atomic E-state index is -0.287. The highest BCUT2D eigenvalue weighted by Crippen LogP contribution is 2.23. The number of fused-ring (bicyclic) bond motifs is 1. The Kier molecular flexibility index (Phi) is 6.22. The zero-order valence-corrected chi connectivity index (χ0v) is 18.7. The quantitative estimate of drug-likeness (QED) is 0.432. The van der Waals surface area contributed by atoms with E-state index >= 15 is 0 Å². The second kappa shape index (κ2) is 9.23. The van der Waals surface area contributed by atoms with Crippen molar-refractivity contribution >= 4 is 34.9 Å². The van der Waals surface area contributed by atoms with Gasteiger partial charge in [-0.25, -0.2) is 4.98 Å². The molecule has 1 aromatic carbocycles. The van der Waals surface area contributed by atoms with Gasteiger partial charge in [0.2, 0.25) is 5.91 Å². The van der Waals surface area contributed by atoms with E-state index < -0.39 is 0 Å². The smallest absolute Gasteiger partial charge is 0.253 e. The first-order valence-electron chi connectivity index (χ1n) is 9.92. The van der Waals surface area contributed by atoms with E-state index in [9.17, 15) is 9.59 Å². The van der Waals surface area contributed by atoms with E-state index in [0.29, 0.717) is 27.8 Å². The standard InChI is InChI=1S/C22H22N6O3S/c1-14-11-19-25-26-22(28(19)15(2)24-14)32-13-20(29)27(3)18-9-5-4-8-17(18)21(30)23-12-16-7-6-10-31-16/h4-11H,12-13H2,1-3H3,(H,23,30). The van der Waals surface area contributed by atoms with Crippen LogP contribution in [0.4, 0.5) is 5.69 Å². The van der Waals surface area contributed by atoms with E-state index in [1.165, 1.54) is 16.7 Å². The summed E-state index contributed by atoms with van der Waals surface area (Å²) in [5.41, 5.74) is 2.48. The van der Waals surface area contributed by atoms with Crippen molar-refractivity contribution in [3.63, 3.8) is 0 Å². The van der Waals surface area contributed by atoms with Gasteiger partial charge in [-0.2, -0.15) is 0 Å². The van der Waals surface area contributed by atoms with Crippen LogP contribution in [0.3, 0.4) is 0 Å². The fourth-order valence-electron chi connectivity index (χ4n) is 3.29. The summed E-state index contributed by atoms with van der Waals surface area (Å²) in [7, 11) is 1.65. The molecule has 4 aromatic rings. The molecule has 2 amide bonds. The minimum Gasteiger partial charge on any atom is -0.467 e. The van der Waals surface area contributed by atoms with Crippen molar-refractivity contribution in [3.05, 3.63) is 71.6 Å². The van der Waals surface area contributed by atoms with Crippen LogP contribution in [0.15, 0.2) is 58.3 Å². The molecule has 4 rings (SSSR count). The molecule has 0 unspecified atom stereocenters. The summed E-state index contributed by atoms with van der Waals surface area (Å²) in [6, 6.07) is 12.4. The summed E-state index contributed by atoms with van der Waals surface area (Å²) in [5.74, 6) is 1.08. The lowest BCUT2D eigenvalue weighted by atomic mass is 10.1. The molecule has 3 heterocycles. The number of carbonyl (C=O) groups excluding carboxylic acids is 2. The number of rotatable bonds is 7. The molecule has 1 N–H and O–H groups in total. The Balaban J connectivity index is 1.46. The van der Waals surface area contributed by atoms with Crippen LogP contribution in [0.25, 0.3) is 5.65 Å². The molecule has 3 aromatic heterocycles. The third kappa shape index (κ3) is 4.50. The maximum atomic E-state index is 12.9. The van der Waals surface area contributed by atoms with E-state index in [1.54, 1.807) is 49.7 Å². The Morgan fingerprint density at radius 2 is 1.97 bits per heavy atom. The predicted octanol–water partition coefficient (Wildman–Crippen LogP) is 3.02. The van der Waals surface area contributed by atoms with E-state index in [4.69, 9.17) is 4.42 Å². The first kappa shape index (κ1) is 21.6. The molecule has 9 nitrogen and oxygen atoms in total. The summed E-state index contributed by atoms with van der Waals surface area (Å²) in [6.07, 6.45) is 1.55. The molecule has 0 saturated heterocycles. The van der Waals surface area contributed by atoms with Crippen molar-refractivity contribution in [2.45, 2.75) is 25.5 Å². The Morgan fingerprint density at radius 3 is 2.75 bits per heavy atom. The number of para-hydroxylation sites is 1. The van der Waals surface area contributed by atoms with Gasteiger partial charge >= 0.3 is 0 Å². The van der Waals surface area contributed by atoms with E-state index in [1.807, 2.05) is 24.3 Å². The predicted molar refractivity (Wildman–Crippen MR) is 121 cm³/mol. The molecule has 0 spiro atoms. The summed E-state index contributed by atoms with van der Waals surface area (Å²) < 4.78 is 7.07. The molecule has 0 aliphatic heterocycles. The molecule has 0 bridgehead atoms. The fourth-order valence-corrected chi connectivity index (χ4v) is 4.19. The molecule has 0 fully saturated rings. The zero-order valence-electron chi connectivity index (χ0n) is 17.9. The summed E-state index contributed by atoms with van der Waals surface area (Å²) >= 11 is 1.28. The van der Waals surface area contributed by atoms with Crippen LogP contribution < -0.4 is 10.2 Å². The highest BCUT2D eigenvalue weighted by Gasteiger charge is 2.20. The van der Waals surface area contributed by atoms with Crippen molar-refractivity contribution in [1.29, 1.82) is 0 Å². The number of aryl methyl sites for hydroxylation is 2. The lowest BCUT2D eigenvalue weighted by Gasteiger charge is -2.20. The Morgan fingerprint density at radius 1 is 1.16 bits per heavy atom. The molecule has 0 atom stereocenters. The number of furan rings is 1. The normalized spacial score (nSPS) is 11.0. The van der Waals surface area contributed by atoms with Gasteiger partial charge in [0, 0.05) is 18.8 Å². The second-order valence-electron chi connectivity index (χ2n) is 7.14. The molecule has 10 heteroatoms. The molecule has 164 valence electrons. The maximum Gasteiger partial charge on any atom is 0.253 e. The van der Waals surface area contributed by atoms with Crippen molar-refractivity contribution in [2.24, 2.45) is 0 Å². The topological polar surface area (TPSA) is 106 Å². The van der Waals surface area contributed by atoms with E-state index in [0.717, 1.165) is 11.5 Å².